The van der Waals surface area contributed by atoms with Crippen LogP contribution in [0.1, 0.15) is 12.8 Å². The highest BCUT2D eigenvalue weighted by atomic mass is 16.5. The van der Waals surface area contributed by atoms with Crippen molar-refractivity contribution in [2.24, 2.45) is 11.5 Å². The topological polar surface area (TPSA) is 106 Å². The Morgan fingerprint density at radius 2 is 2.00 bits per heavy atom. The van der Waals surface area contributed by atoms with Crippen LogP contribution < -0.4 is 11.5 Å². The van der Waals surface area contributed by atoms with Gasteiger partial charge in [0.05, 0.1) is 0 Å². The number of nitrogens with two attached hydrogens (primary N) is 2. The lowest BCUT2D eigenvalue weighted by atomic mass is 10.4. The number of amides is 1. The molecule has 0 aliphatic carbocycles. The molecule has 0 aliphatic rings. The quantitative estimate of drug-likeness (QED) is 0.429. The van der Waals surface area contributed by atoms with Gasteiger partial charge in [-0.25, -0.2) is 0 Å². The van der Waals surface area contributed by atoms with Gasteiger partial charge in [-0.3, -0.25) is 9.59 Å². The molecule has 0 aromatic heterocycles. The van der Waals surface area contributed by atoms with Crippen LogP contribution in [0.15, 0.2) is 0 Å². The van der Waals surface area contributed by atoms with Gasteiger partial charge in [0.2, 0.25) is 5.91 Å². The minimum atomic E-state index is -1.11. The fourth-order valence-corrected chi connectivity index (χ4v) is 0.421. The summed E-state index contributed by atoms with van der Waals surface area (Å²) in [4.78, 5) is 20.1. The first-order valence-corrected chi connectivity index (χ1v) is 2.80. The Hall–Kier alpha value is -1.10. The fourth-order valence-electron chi connectivity index (χ4n) is 0.421. The van der Waals surface area contributed by atoms with E-state index in [1.807, 2.05) is 0 Å². The van der Waals surface area contributed by atoms with Crippen LogP contribution in [0, 0.1) is 0 Å². The molecule has 0 rings (SSSR count). The van der Waals surface area contributed by atoms with E-state index in [1.54, 1.807) is 0 Å². The van der Waals surface area contributed by atoms with Gasteiger partial charge in [0, 0.05) is 6.42 Å². The smallest absolute Gasteiger partial charge is 0.320 e. The van der Waals surface area contributed by atoms with E-state index in [2.05, 4.69) is 0 Å². The van der Waals surface area contributed by atoms with Crippen molar-refractivity contribution < 1.29 is 14.7 Å². The van der Waals surface area contributed by atoms with Crippen molar-refractivity contribution >= 4 is 11.9 Å². The number of hydrogen-bond donors (Lipinski definition) is 3. The minimum absolute atomic E-state index is 0.0213. The van der Waals surface area contributed by atoms with Crippen LogP contribution >= 0.6 is 0 Å². The van der Waals surface area contributed by atoms with E-state index in [4.69, 9.17) is 16.6 Å². The van der Waals surface area contributed by atoms with Crippen LogP contribution in [0.4, 0.5) is 0 Å². The third-order valence-electron chi connectivity index (χ3n) is 1.02. The number of carboxylic acid groups (broad SMARTS) is 1. The Morgan fingerprint density at radius 1 is 1.50 bits per heavy atom. The first-order valence-electron chi connectivity index (χ1n) is 2.80. The molecule has 0 saturated carbocycles. The van der Waals surface area contributed by atoms with Gasteiger partial charge in [0.1, 0.15) is 6.04 Å². The lowest BCUT2D eigenvalue weighted by molar-refractivity contribution is -0.138. The molecule has 0 aromatic carbocycles. The van der Waals surface area contributed by atoms with Gasteiger partial charge in [-0.15, -0.1) is 0 Å². The fraction of sp³-hybridized carbons (Fsp3) is 0.600. The molecule has 0 saturated heterocycles. The van der Waals surface area contributed by atoms with Gasteiger partial charge in [-0.05, 0) is 6.42 Å². The molecular weight excluding hydrogens is 138 g/mol. The third-order valence-corrected chi connectivity index (χ3v) is 1.02. The monoisotopic (exact) mass is 148 g/mol. The predicted molar refractivity (Wildman–Crippen MR) is 34.0 cm³/mol. The molecule has 0 spiro atoms. The average molecular weight is 148 g/mol. The summed E-state index contributed by atoms with van der Waals surface area (Å²) in [7, 11) is 0. The maximum Gasteiger partial charge on any atom is 0.320 e. The number of carbonyl (C=O) groups excluding carboxylic acids is 1. The van der Waals surface area contributed by atoms with Gasteiger partial charge in [-0.2, -0.15) is 0 Å². The first kappa shape index (κ1) is 8.90. The first-order chi connectivity index (χ1) is 4.54. The number of rotatable bonds is 4. The van der Waals surface area contributed by atoms with Crippen molar-refractivity contribution in [2.75, 3.05) is 0 Å². The summed E-state index contributed by atoms with van der Waals surface area (Å²) < 4.78 is 0. The van der Waals surface area contributed by atoms with Gasteiger partial charge >= 0.3 is 5.97 Å². The molecule has 5 heteroatoms. The molecule has 58 valence electrons. The van der Waals surface area contributed by atoms with Crippen molar-refractivity contribution in [1.29, 1.82) is 0 Å². The van der Waals surface area contributed by atoms with Crippen molar-refractivity contribution in [1.82, 2.24) is 0 Å². The highest BCUT2D eigenvalue weighted by molar-refractivity contribution is 5.76. The van der Waals surface area contributed by atoms with Crippen LogP contribution in [0.5, 0.6) is 0 Å². The van der Waals surface area contributed by atoms with Crippen LogP contribution in [-0.4, -0.2) is 23.0 Å². The summed E-state index contributed by atoms with van der Waals surface area (Å²) in [6.45, 7) is 0. The van der Waals surface area contributed by atoms with E-state index in [0.29, 0.717) is 0 Å². The zero-order valence-corrected chi connectivity index (χ0v) is 5.41. The zero-order valence-electron chi connectivity index (χ0n) is 5.41. The van der Waals surface area contributed by atoms with Crippen LogP contribution in [-0.2, 0) is 9.59 Å². The SMILES string of the molecule is NC(=O)CC[13C@H](N)[13C](=O)O. The molecule has 0 unspecified atom stereocenters. The maximum absolute atomic E-state index is 10.1. The van der Waals surface area contributed by atoms with E-state index in [1.165, 1.54) is 0 Å². The zero-order chi connectivity index (χ0) is 8.15. The summed E-state index contributed by atoms with van der Waals surface area (Å²) in [5, 5.41) is 8.22. The lowest BCUT2D eigenvalue weighted by Gasteiger charge is -2.01. The molecule has 1 atom stereocenters. The maximum atomic E-state index is 10.1. The highest BCUT2D eigenvalue weighted by Crippen LogP contribution is 1.92. The summed E-state index contributed by atoms with van der Waals surface area (Å²) in [6.07, 6.45) is 0.123. The Morgan fingerprint density at radius 3 is 2.30 bits per heavy atom. The summed E-state index contributed by atoms with van der Waals surface area (Å²) in [5.74, 6) is -1.64. The second-order valence-corrected chi connectivity index (χ2v) is 1.95. The van der Waals surface area contributed by atoms with Gasteiger partial charge in [-0.1, -0.05) is 0 Å². The number of carbonyl (C=O) groups is 2. The number of carboxylic acids is 1. The Kier molecular flexibility index (Phi) is 3.42. The standard InChI is InChI=1S/C5H10N2O3/c6-3(5(9)10)1-2-4(7)8/h3H,1-2,6H2,(H2,7,8)(H,9,10)/t3-/m0/s1/i3+1,5+1. The van der Waals surface area contributed by atoms with Crippen molar-refractivity contribution in [3.63, 3.8) is 0 Å². The number of aliphatic carboxylic acids is 1. The molecular formula is C5H10N2O3. The molecule has 0 fully saturated rings. The number of primary amides is 1. The van der Waals surface area contributed by atoms with Crippen molar-refractivity contribution in [2.45, 2.75) is 18.9 Å². The van der Waals surface area contributed by atoms with E-state index >= 15 is 0 Å². The van der Waals surface area contributed by atoms with Crippen LogP contribution in [0.25, 0.3) is 0 Å². The van der Waals surface area contributed by atoms with E-state index in [9.17, 15) is 9.59 Å². The van der Waals surface area contributed by atoms with E-state index in [-0.39, 0.29) is 12.8 Å². The van der Waals surface area contributed by atoms with Gasteiger partial charge < -0.3 is 16.6 Å². The molecule has 1 amide bonds. The summed E-state index contributed by atoms with van der Waals surface area (Å²) in [6, 6.07) is -0.979. The van der Waals surface area contributed by atoms with E-state index < -0.39 is 17.9 Å². The molecule has 0 aromatic rings. The normalized spacial score (nSPS) is 12.5. The van der Waals surface area contributed by atoms with Crippen molar-refractivity contribution in [3.05, 3.63) is 0 Å². The molecule has 0 aliphatic heterocycles. The molecule has 5 nitrogen and oxygen atoms in total. The minimum Gasteiger partial charge on any atom is -0.480 e. The van der Waals surface area contributed by atoms with E-state index in [0.717, 1.165) is 0 Å². The van der Waals surface area contributed by atoms with Crippen molar-refractivity contribution in [3.8, 4) is 0 Å². The van der Waals surface area contributed by atoms with Crippen LogP contribution in [0.3, 0.4) is 0 Å². The van der Waals surface area contributed by atoms with Crippen LogP contribution in [0.2, 0.25) is 0 Å². The summed E-state index contributed by atoms with van der Waals surface area (Å²) >= 11 is 0. The molecule has 10 heavy (non-hydrogen) atoms. The predicted octanol–water partition coefficient (Wildman–Crippen LogP) is -1.34. The molecule has 5 N–H and O–H groups in total. The van der Waals surface area contributed by atoms with Gasteiger partial charge in [0.25, 0.3) is 0 Å². The Labute approximate surface area is 58.0 Å². The highest BCUT2D eigenvalue weighted by Gasteiger charge is 2.11. The molecule has 0 radical (unpaired) electrons. The number of hydrogen-bond acceptors (Lipinski definition) is 3. The third kappa shape index (κ3) is 3.85. The Bertz CT molecular complexity index is 146. The Balaban J connectivity index is 3.49. The average Bonchev–Trinajstić information content (AvgIpc) is 1.82. The van der Waals surface area contributed by atoms with Gasteiger partial charge in [0.15, 0.2) is 0 Å². The molecule has 0 bridgehead atoms. The second kappa shape index (κ2) is 3.84. The largest absolute Gasteiger partial charge is 0.480 e. The lowest BCUT2D eigenvalue weighted by Crippen LogP contribution is -2.31. The summed E-state index contributed by atoms with van der Waals surface area (Å²) in [5.41, 5.74) is 9.81. The second-order valence-electron chi connectivity index (χ2n) is 1.95. The molecule has 0 heterocycles.